The molecule has 31 heavy (non-hydrogen) atoms. The quantitative estimate of drug-likeness (QED) is 0.589. The molecular weight excluding hydrogens is 414 g/mol. The van der Waals surface area contributed by atoms with E-state index >= 15 is 0 Å². The highest BCUT2D eigenvalue weighted by Gasteiger charge is 2.28. The zero-order valence-corrected chi connectivity index (χ0v) is 18.0. The molecule has 2 aromatic carbocycles. The molecule has 6 nitrogen and oxygen atoms in total. The molecule has 2 N–H and O–H groups in total. The number of fused-ring (bicyclic) bond motifs is 1. The van der Waals surface area contributed by atoms with Gasteiger partial charge in [-0.2, -0.15) is 0 Å². The first kappa shape index (κ1) is 21.2. The van der Waals surface area contributed by atoms with E-state index in [1.54, 1.807) is 24.5 Å². The van der Waals surface area contributed by atoms with Crippen LogP contribution < -0.4 is 10.6 Å². The van der Waals surface area contributed by atoms with Crippen molar-refractivity contribution in [3.63, 3.8) is 0 Å². The number of furan rings is 1. The molecule has 0 saturated carbocycles. The Morgan fingerprint density at radius 3 is 2.68 bits per heavy atom. The number of carbonyl (C=O) groups excluding carboxylic acids is 2. The fourth-order valence-corrected chi connectivity index (χ4v) is 4.02. The summed E-state index contributed by atoms with van der Waals surface area (Å²) in [5, 5.41) is 5.88. The number of hydrogen-bond donors (Lipinski definition) is 2. The Morgan fingerprint density at radius 2 is 1.90 bits per heavy atom. The highest BCUT2D eigenvalue weighted by atomic mass is 35.5. The van der Waals surface area contributed by atoms with Gasteiger partial charge in [-0.15, -0.1) is 0 Å². The Balaban J connectivity index is 1.43. The lowest BCUT2D eigenvalue weighted by atomic mass is 9.98. The fourth-order valence-electron chi connectivity index (χ4n) is 3.85. The zero-order chi connectivity index (χ0) is 21.8. The van der Waals surface area contributed by atoms with E-state index < -0.39 is 11.8 Å². The molecule has 160 valence electrons. The van der Waals surface area contributed by atoms with Crippen molar-refractivity contribution < 1.29 is 14.0 Å². The molecule has 1 aromatic heterocycles. The second kappa shape index (κ2) is 9.37. The van der Waals surface area contributed by atoms with E-state index in [1.165, 1.54) is 11.1 Å². The number of benzene rings is 2. The predicted octanol–water partition coefficient (Wildman–Crippen LogP) is 4.10. The first-order valence-corrected chi connectivity index (χ1v) is 10.6. The number of anilines is 1. The SMILES string of the molecule is Cc1ccc(Cl)cc1NC(=O)C(=O)NCC(c1ccco1)N1CCc2ccccc2C1. The number of nitrogens with zero attached hydrogens (tertiary/aromatic N) is 1. The molecule has 4 rings (SSSR count). The van der Waals surface area contributed by atoms with Gasteiger partial charge in [0.1, 0.15) is 5.76 Å². The number of amides is 2. The summed E-state index contributed by atoms with van der Waals surface area (Å²) in [6, 6.07) is 17.1. The maximum Gasteiger partial charge on any atom is 0.313 e. The average Bonchev–Trinajstić information content (AvgIpc) is 3.30. The van der Waals surface area contributed by atoms with Crippen molar-refractivity contribution in [3.05, 3.63) is 88.3 Å². The minimum Gasteiger partial charge on any atom is -0.468 e. The molecule has 1 unspecified atom stereocenters. The van der Waals surface area contributed by atoms with Crippen molar-refractivity contribution in [1.82, 2.24) is 10.2 Å². The summed E-state index contributed by atoms with van der Waals surface area (Å²) in [5.41, 5.74) is 3.96. The Bertz CT molecular complexity index is 1080. The van der Waals surface area contributed by atoms with Crippen LogP contribution in [0.1, 0.15) is 28.5 Å². The first-order valence-electron chi connectivity index (χ1n) is 10.2. The molecule has 1 aliphatic rings. The van der Waals surface area contributed by atoms with Crippen molar-refractivity contribution in [2.75, 3.05) is 18.4 Å². The number of rotatable bonds is 5. The maximum absolute atomic E-state index is 12.5. The van der Waals surface area contributed by atoms with Gasteiger partial charge in [-0.3, -0.25) is 14.5 Å². The third kappa shape index (κ3) is 4.98. The van der Waals surface area contributed by atoms with Gasteiger partial charge in [0.15, 0.2) is 0 Å². The number of hydrogen-bond acceptors (Lipinski definition) is 4. The zero-order valence-electron chi connectivity index (χ0n) is 17.2. The second-order valence-electron chi connectivity index (χ2n) is 7.64. The van der Waals surface area contributed by atoms with E-state index in [0.29, 0.717) is 10.7 Å². The molecule has 3 aromatic rings. The summed E-state index contributed by atoms with van der Waals surface area (Å²) in [6.45, 7) is 3.69. The Hall–Kier alpha value is -3.09. The van der Waals surface area contributed by atoms with Crippen LogP contribution in [0, 0.1) is 6.92 Å². The standard InChI is InChI=1S/C24H24ClN3O3/c1-16-8-9-19(25)13-20(16)27-24(30)23(29)26-14-21(22-7-4-12-31-22)28-11-10-17-5-2-3-6-18(17)15-28/h2-9,12-13,21H,10-11,14-15H2,1H3,(H,26,29)(H,27,30). The monoisotopic (exact) mass is 437 g/mol. The first-order chi connectivity index (χ1) is 15.0. The summed E-state index contributed by atoms with van der Waals surface area (Å²) in [4.78, 5) is 27.2. The van der Waals surface area contributed by atoms with Crippen molar-refractivity contribution >= 4 is 29.1 Å². The average molecular weight is 438 g/mol. The van der Waals surface area contributed by atoms with E-state index in [2.05, 4.69) is 33.7 Å². The topological polar surface area (TPSA) is 74.6 Å². The van der Waals surface area contributed by atoms with Crippen LogP contribution in [0.4, 0.5) is 5.69 Å². The molecule has 0 radical (unpaired) electrons. The van der Waals surface area contributed by atoms with E-state index in [0.717, 1.165) is 30.8 Å². The van der Waals surface area contributed by atoms with Gasteiger partial charge in [0.25, 0.3) is 0 Å². The van der Waals surface area contributed by atoms with Crippen LogP contribution in [0.2, 0.25) is 5.02 Å². The molecule has 2 heterocycles. The van der Waals surface area contributed by atoms with Gasteiger partial charge in [0.2, 0.25) is 0 Å². The van der Waals surface area contributed by atoms with Gasteiger partial charge in [-0.05, 0) is 54.3 Å². The van der Waals surface area contributed by atoms with Crippen LogP contribution >= 0.6 is 11.6 Å². The third-order valence-electron chi connectivity index (χ3n) is 5.58. The van der Waals surface area contributed by atoms with Crippen molar-refractivity contribution in [2.24, 2.45) is 0 Å². The smallest absolute Gasteiger partial charge is 0.313 e. The lowest BCUT2D eigenvalue weighted by Gasteiger charge is -2.34. The Morgan fingerprint density at radius 1 is 1.10 bits per heavy atom. The van der Waals surface area contributed by atoms with Crippen LogP contribution in [0.25, 0.3) is 0 Å². The normalized spacial score (nSPS) is 14.5. The van der Waals surface area contributed by atoms with Crippen LogP contribution in [0.5, 0.6) is 0 Å². The van der Waals surface area contributed by atoms with Crippen molar-refractivity contribution in [2.45, 2.75) is 25.9 Å². The summed E-state index contributed by atoms with van der Waals surface area (Å²) in [5.74, 6) is -0.674. The summed E-state index contributed by atoms with van der Waals surface area (Å²) in [7, 11) is 0. The second-order valence-corrected chi connectivity index (χ2v) is 8.08. The lowest BCUT2D eigenvalue weighted by Crippen LogP contribution is -2.43. The predicted molar refractivity (Wildman–Crippen MR) is 120 cm³/mol. The Labute approximate surface area is 186 Å². The van der Waals surface area contributed by atoms with Gasteiger partial charge in [-0.25, -0.2) is 0 Å². The van der Waals surface area contributed by atoms with Crippen LogP contribution in [0.3, 0.4) is 0 Å². The number of halogens is 1. The highest BCUT2D eigenvalue weighted by molar-refractivity contribution is 6.40. The summed E-state index contributed by atoms with van der Waals surface area (Å²) < 4.78 is 5.65. The van der Waals surface area contributed by atoms with Crippen LogP contribution in [0.15, 0.2) is 65.3 Å². The molecule has 0 aliphatic carbocycles. The highest BCUT2D eigenvalue weighted by Crippen LogP contribution is 2.28. The molecule has 0 bridgehead atoms. The molecule has 7 heteroatoms. The number of carbonyl (C=O) groups is 2. The van der Waals surface area contributed by atoms with Crippen LogP contribution in [-0.4, -0.2) is 29.8 Å². The van der Waals surface area contributed by atoms with E-state index in [1.807, 2.05) is 25.1 Å². The molecule has 0 fully saturated rings. The van der Waals surface area contributed by atoms with Gasteiger partial charge in [0, 0.05) is 30.3 Å². The fraction of sp³-hybridized carbons (Fsp3) is 0.250. The van der Waals surface area contributed by atoms with Gasteiger partial charge in [0.05, 0.1) is 12.3 Å². The minimum atomic E-state index is -0.729. The van der Waals surface area contributed by atoms with Crippen molar-refractivity contribution in [1.29, 1.82) is 0 Å². The molecule has 1 aliphatic heterocycles. The molecule has 0 saturated heterocycles. The van der Waals surface area contributed by atoms with Crippen LogP contribution in [-0.2, 0) is 22.6 Å². The molecule has 1 atom stereocenters. The number of aryl methyl sites for hydroxylation is 1. The van der Waals surface area contributed by atoms with E-state index in [9.17, 15) is 9.59 Å². The lowest BCUT2D eigenvalue weighted by molar-refractivity contribution is -0.136. The largest absolute Gasteiger partial charge is 0.468 e. The van der Waals surface area contributed by atoms with Gasteiger partial charge < -0.3 is 15.1 Å². The molecule has 0 spiro atoms. The number of nitrogens with one attached hydrogen (secondary N) is 2. The van der Waals surface area contributed by atoms with E-state index in [-0.39, 0.29) is 12.6 Å². The molecular formula is C24H24ClN3O3. The third-order valence-corrected chi connectivity index (χ3v) is 5.82. The molecule has 2 amide bonds. The van der Waals surface area contributed by atoms with Gasteiger partial charge >= 0.3 is 11.8 Å². The summed E-state index contributed by atoms with van der Waals surface area (Å²) >= 11 is 5.99. The van der Waals surface area contributed by atoms with Gasteiger partial charge in [-0.1, -0.05) is 41.9 Å². The maximum atomic E-state index is 12.5. The summed E-state index contributed by atoms with van der Waals surface area (Å²) in [6.07, 6.45) is 2.55. The van der Waals surface area contributed by atoms with Crippen molar-refractivity contribution in [3.8, 4) is 0 Å². The Kier molecular flexibility index (Phi) is 6.39. The minimum absolute atomic E-state index is 0.173. The van der Waals surface area contributed by atoms with E-state index in [4.69, 9.17) is 16.0 Å².